The number of hydrogen-bond donors (Lipinski definition) is 0. The summed E-state index contributed by atoms with van der Waals surface area (Å²) in [7, 11) is 1.61. The molecule has 0 aliphatic carbocycles. The minimum absolute atomic E-state index is 0.0515. The van der Waals surface area contributed by atoms with Crippen LogP contribution in [0, 0.1) is 5.82 Å². The van der Waals surface area contributed by atoms with E-state index in [-0.39, 0.29) is 17.0 Å². The highest BCUT2D eigenvalue weighted by atomic mass is 19.1. The van der Waals surface area contributed by atoms with Crippen LogP contribution in [-0.2, 0) is 7.05 Å². The molecule has 0 aliphatic heterocycles. The molecule has 0 saturated heterocycles. The third-order valence-electron chi connectivity index (χ3n) is 2.55. The number of fused-ring (bicyclic) bond motifs is 1. The maximum Gasteiger partial charge on any atom is 0.250 e. The monoisotopic (exact) mass is 245 g/mol. The molecular weight excluding hydrogens is 237 g/mol. The van der Waals surface area contributed by atoms with Crippen LogP contribution in [-0.4, -0.2) is 20.8 Å². The number of carbonyl (C=O) groups excluding carboxylic acids is 1. The van der Waals surface area contributed by atoms with E-state index in [1.807, 2.05) is 0 Å². The number of para-hydroxylation sites is 1. The third-order valence-corrected chi connectivity index (χ3v) is 2.55. The number of hydrogen-bond acceptors (Lipinski definition) is 4. The number of carbonyl (C=O) groups is 1. The zero-order chi connectivity index (χ0) is 12.7. The summed E-state index contributed by atoms with van der Waals surface area (Å²) < 4.78 is 18.7. The summed E-state index contributed by atoms with van der Waals surface area (Å²) in [5, 5.41) is 8.23. The van der Waals surface area contributed by atoms with E-state index in [4.69, 9.17) is 4.42 Å². The minimum atomic E-state index is -0.495. The molecule has 6 heteroatoms. The highest BCUT2D eigenvalue weighted by Gasteiger charge is 2.18. The Labute approximate surface area is 101 Å². The van der Waals surface area contributed by atoms with Crippen molar-refractivity contribution in [1.29, 1.82) is 0 Å². The zero-order valence-corrected chi connectivity index (χ0v) is 9.42. The molecule has 5 nitrogen and oxygen atoms in total. The van der Waals surface area contributed by atoms with Gasteiger partial charge in [-0.05, 0) is 12.1 Å². The molecule has 0 amide bonds. The van der Waals surface area contributed by atoms with Gasteiger partial charge in [-0.3, -0.25) is 4.79 Å². The van der Waals surface area contributed by atoms with Gasteiger partial charge >= 0.3 is 0 Å². The SMILES string of the molecule is Cn1ncc(C(=O)c2cc3cccc(F)c3o2)n1. The highest BCUT2D eigenvalue weighted by molar-refractivity contribution is 6.07. The first-order valence-corrected chi connectivity index (χ1v) is 5.24. The van der Waals surface area contributed by atoms with Crippen molar-refractivity contribution in [3.63, 3.8) is 0 Å². The smallest absolute Gasteiger partial charge is 0.250 e. The topological polar surface area (TPSA) is 60.9 Å². The molecule has 0 saturated carbocycles. The first kappa shape index (κ1) is 10.6. The van der Waals surface area contributed by atoms with Crippen LogP contribution >= 0.6 is 0 Å². The first-order chi connectivity index (χ1) is 8.65. The van der Waals surface area contributed by atoms with Crippen LogP contribution in [0.4, 0.5) is 4.39 Å². The molecule has 3 rings (SSSR count). The van der Waals surface area contributed by atoms with Crippen molar-refractivity contribution in [3.8, 4) is 0 Å². The summed E-state index contributed by atoms with van der Waals surface area (Å²) in [5.41, 5.74) is 0.238. The fourth-order valence-corrected chi connectivity index (χ4v) is 1.72. The molecule has 0 aliphatic rings. The first-order valence-electron chi connectivity index (χ1n) is 5.24. The minimum Gasteiger partial charge on any atom is -0.449 e. The quantitative estimate of drug-likeness (QED) is 0.647. The Morgan fingerprint density at radius 2 is 2.28 bits per heavy atom. The van der Waals surface area contributed by atoms with Crippen molar-refractivity contribution in [1.82, 2.24) is 15.0 Å². The van der Waals surface area contributed by atoms with Crippen molar-refractivity contribution < 1.29 is 13.6 Å². The molecule has 90 valence electrons. The molecule has 1 aromatic carbocycles. The summed E-state index contributed by atoms with van der Waals surface area (Å²) in [4.78, 5) is 13.3. The number of rotatable bonds is 2. The molecule has 2 aromatic heterocycles. The fraction of sp³-hybridized carbons (Fsp3) is 0.0833. The van der Waals surface area contributed by atoms with Gasteiger partial charge in [0.05, 0.1) is 6.20 Å². The van der Waals surface area contributed by atoms with Crippen LogP contribution in [0.25, 0.3) is 11.0 Å². The lowest BCUT2D eigenvalue weighted by molar-refractivity contribution is 0.101. The van der Waals surface area contributed by atoms with Crippen LogP contribution in [0.5, 0.6) is 0 Å². The summed E-state index contributed by atoms with van der Waals surface area (Å²) in [6.07, 6.45) is 1.34. The van der Waals surface area contributed by atoms with E-state index in [1.54, 1.807) is 19.2 Å². The van der Waals surface area contributed by atoms with E-state index >= 15 is 0 Å². The molecule has 0 radical (unpaired) electrons. The number of aromatic nitrogens is 3. The lowest BCUT2D eigenvalue weighted by atomic mass is 10.2. The van der Waals surface area contributed by atoms with E-state index < -0.39 is 11.6 Å². The fourth-order valence-electron chi connectivity index (χ4n) is 1.72. The standard InChI is InChI=1S/C12H8FN3O2/c1-16-14-6-9(15-16)11(17)10-5-7-3-2-4-8(13)12(7)18-10/h2-6H,1H3. The molecule has 0 fully saturated rings. The number of benzene rings is 1. The molecular formula is C12H8FN3O2. The van der Waals surface area contributed by atoms with Gasteiger partial charge in [0.15, 0.2) is 22.9 Å². The van der Waals surface area contributed by atoms with Crippen LogP contribution in [0.1, 0.15) is 16.2 Å². The molecule has 0 N–H and O–H groups in total. The number of furan rings is 1. The van der Waals surface area contributed by atoms with Crippen LogP contribution < -0.4 is 0 Å². The van der Waals surface area contributed by atoms with Crippen molar-refractivity contribution in [2.45, 2.75) is 0 Å². The molecule has 3 aromatic rings. The van der Waals surface area contributed by atoms with Gasteiger partial charge in [0, 0.05) is 12.4 Å². The second-order valence-electron chi connectivity index (χ2n) is 3.82. The Morgan fingerprint density at radius 3 is 2.94 bits per heavy atom. The summed E-state index contributed by atoms with van der Waals surface area (Å²) >= 11 is 0. The predicted molar refractivity (Wildman–Crippen MR) is 60.6 cm³/mol. The molecule has 0 atom stereocenters. The normalized spacial score (nSPS) is 11.0. The Bertz CT molecular complexity index is 745. The van der Waals surface area contributed by atoms with E-state index in [2.05, 4.69) is 10.2 Å². The predicted octanol–water partition coefficient (Wildman–Crippen LogP) is 1.93. The van der Waals surface area contributed by atoms with Crippen LogP contribution in [0.15, 0.2) is 34.9 Å². The summed E-state index contributed by atoms with van der Waals surface area (Å²) in [6.45, 7) is 0. The van der Waals surface area contributed by atoms with Gasteiger partial charge in [-0.15, -0.1) is 5.10 Å². The van der Waals surface area contributed by atoms with E-state index in [1.165, 1.54) is 23.1 Å². The Morgan fingerprint density at radius 1 is 1.44 bits per heavy atom. The van der Waals surface area contributed by atoms with E-state index in [0.29, 0.717) is 5.39 Å². The Kier molecular flexibility index (Phi) is 2.22. The highest BCUT2D eigenvalue weighted by Crippen LogP contribution is 2.23. The molecule has 2 heterocycles. The summed E-state index contributed by atoms with van der Waals surface area (Å²) in [5.74, 6) is -0.861. The van der Waals surface area contributed by atoms with Gasteiger partial charge in [0.1, 0.15) is 0 Å². The maximum absolute atomic E-state index is 13.4. The van der Waals surface area contributed by atoms with Gasteiger partial charge in [-0.1, -0.05) is 12.1 Å². The average Bonchev–Trinajstić information content (AvgIpc) is 2.95. The second kappa shape index (κ2) is 3.76. The van der Waals surface area contributed by atoms with Gasteiger partial charge in [-0.2, -0.15) is 9.90 Å². The van der Waals surface area contributed by atoms with Crippen molar-refractivity contribution in [3.05, 3.63) is 47.7 Å². The number of nitrogens with zero attached hydrogens (tertiary/aromatic N) is 3. The maximum atomic E-state index is 13.4. The molecule has 0 bridgehead atoms. The molecule has 0 unspecified atom stereocenters. The van der Waals surface area contributed by atoms with Gasteiger partial charge in [0.25, 0.3) is 0 Å². The summed E-state index contributed by atoms with van der Waals surface area (Å²) in [6, 6.07) is 6.01. The van der Waals surface area contributed by atoms with Crippen LogP contribution in [0.3, 0.4) is 0 Å². The van der Waals surface area contributed by atoms with E-state index in [9.17, 15) is 9.18 Å². The zero-order valence-electron chi connectivity index (χ0n) is 9.42. The van der Waals surface area contributed by atoms with Crippen molar-refractivity contribution >= 4 is 16.8 Å². The van der Waals surface area contributed by atoms with Gasteiger partial charge in [-0.25, -0.2) is 4.39 Å². The number of halogens is 1. The van der Waals surface area contributed by atoms with Crippen molar-refractivity contribution in [2.75, 3.05) is 0 Å². The lowest BCUT2D eigenvalue weighted by Gasteiger charge is -1.90. The number of ketones is 1. The Hall–Kier alpha value is -2.50. The largest absolute Gasteiger partial charge is 0.449 e. The average molecular weight is 245 g/mol. The Balaban J connectivity index is 2.10. The third kappa shape index (κ3) is 1.58. The van der Waals surface area contributed by atoms with Gasteiger partial charge < -0.3 is 4.42 Å². The molecule has 0 spiro atoms. The van der Waals surface area contributed by atoms with Gasteiger partial charge in [0.2, 0.25) is 5.78 Å². The second-order valence-corrected chi connectivity index (χ2v) is 3.82. The lowest BCUT2D eigenvalue weighted by Crippen LogP contribution is -2.01. The molecule has 18 heavy (non-hydrogen) atoms. The van der Waals surface area contributed by atoms with E-state index in [0.717, 1.165) is 0 Å². The van der Waals surface area contributed by atoms with Crippen molar-refractivity contribution in [2.24, 2.45) is 7.05 Å². The number of aryl methyl sites for hydroxylation is 1. The van der Waals surface area contributed by atoms with Crippen LogP contribution in [0.2, 0.25) is 0 Å².